The molecule has 0 aliphatic carbocycles. The molecule has 27 heavy (non-hydrogen) atoms. The molecule has 0 spiro atoms. The van der Waals surface area contributed by atoms with Crippen molar-refractivity contribution in [2.24, 2.45) is 5.10 Å². The van der Waals surface area contributed by atoms with Gasteiger partial charge in [-0.25, -0.2) is 0 Å². The molecule has 3 aromatic rings. The van der Waals surface area contributed by atoms with Gasteiger partial charge in [-0.2, -0.15) is 14.9 Å². The summed E-state index contributed by atoms with van der Waals surface area (Å²) in [5.41, 5.74) is 1.95. The molecule has 0 saturated carbocycles. The quantitative estimate of drug-likeness (QED) is 0.415. The van der Waals surface area contributed by atoms with E-state index in [1.54, 1.807) is 10.9 Å². The third kappa shape index (κ3) is 5.05. The molecule has 1 heterocycles. The van der Waals surface area contributed by atoms with Gasteiger partial charge in [0.05, 0.1) is 12.8 Å². The van der Waals surface area contributed by atoms with Crippen molar-refractivity contribution in [3.05, 3.63) is 68.7 Å². The van der Waals surface area contributed by atoms with Crippen molar-refractivity contribution in [2.75, 3.05) is 6.61 Å². The van der Waals surface area contributed by atoms with Crippen LogP contribution in [0, 0.1) is 11.7 Å². The van der Waals surface area contributed by atoms with Crippen molar-refractivity contribution < 1.29 is 9.47 Å². The Bertz CT molecular complexity index is 996. The van der Waals surface area contributed by atoms with Crippen LogP contribution >= 0.6 is 28.1 Å². The summed E-state index contributed by atoms with van der Waals surface area (Å²) in [6.07, 6.45) is 1.71. The third-order valence-electron chi connectivity index (χ3n) is 3.71. The zero-order valence-electron chi connectivity index (χ0n) is 15.0. The van der Waals surface area contributed by atoms with Gasteiger partial charge in [0.1, 0.15) is 12.4 Å². The largest absolute Gasteiger partial charge is 0.490 e. The van der Waals surface area contributed by atoms with Crippen LogP contribution in [0.5, 0.6) is 11.5 Å². The average molecular weight is 447 g/mol. The molecule has 0 bridgehead atoms. The lowest BCUT2D eigenvalue weighted by atomic mass is 10.2. The molecular formula is C19H19BrN4O2S. The number of aryl methyl sites for hydroxylation is 1. The van der Waals surface area contributed by atoms with E-state index in [4.69, 9.17) is 21.7 Å². The highest BCUT2D eigenvalue weighted by Crippen LogP contribution is 2.29. The van der Waals surface area contributed by atoms with Crippen molar-refractivity contribution in [1.29, 1.82) is 0 Å². The highest BCUT2D eigenvalue weighted by Gasteiger charge is 2.07. The maximum absolute atomic E-state index is 5.94. The number of aromatic amines is 1. The Kier molecular flexibility index (Phi) is 6.41. The molecule has 6 nitrogen and oxygen atoms in total. The van der Waals surface area contributed by atoms with Gasteiger partial charge in [0, 0.05) is 4.47 Å². The first kappa shape index (κ1) is 19.3. The number of halogens is 1. The minimum atomic E-state index is 0.447. The van der Waals surface area contributed by atoms with Crippen LogP contribution in [-0.4, -0.2) is 27.7 Å². The monoisotopic (exact) mass is 446 g/mol. The molecular weight excluding hydrogens is 428 g/mol. The van der Waals surface area contributed by atoms with Crippen molar-refractivity contribution >= 4 is 34.4 Å². The number of ether oxygens (including phenoxy) is 2. The molecule has 0 atom stereocenters. The fraction of sp³-hybridized carbons (Fsp3) is 0.211. The third-order valence-corrected chi connectivity index (χ3v) is 4.50. The second-order valence-electron chi connectivity index (χ2n) is 5.69. The molecule has 3 rings (SSSR count). The summed E-state index contributed by atoms with van der Waals surface area (Å²) in [6.45, 7) is 4.77. The van der Waals surface area contributed by atoms with E-state index in [1.165, 1.54) is 0 Å². The standard InChI is InChI=1S/C19H19BrN4O2S/c1-3-25-18-10-15(11-21-24-13(2)22-23-19(24)27)6-9-17(18)26-12-14-4-7-16(20)8-5-14/h4-11H,3,12H2,1-2H3,(H,23,27)/b21-11-. The van der Waals surface area contributed by atoms with Gasteiger partial charge in [-0.05, 0) is 67.5 Å². The fourth-order valence-corrected chi connectivity index (χ4v) is 2.85. The van der Waals surface area contributed by atoms with E-state index in [0.29, 0.717) is 35.3 Å². The maximum atomic E-state index is 5.94. The summed E-state index contributed by atoms with van der Waals surface area (Å²) in [5.74, 6) is 2.05. The molecule has 0 fully saturated rings. The van der Waals surface area contributed by atoms with Gasteiger partial charge >= 0.3 is 0 Å². The molecule has 0 saturated heterocycles. The van der Waals surface area contributed by atoms with Gasteiger partial charge in [-0.1, -0.05) is 28.1 Å². The van der Waals surface area contributed by atoms with Crippen LogP contribution in [0.2, 0.25) is 0 Å². The summed E-state index contributed by atoms with van der Waals surface area (Å²) in [5, 5.41) is 11.1. The normalized spacial score (nSPS) is 11.1. The first-order valence-electron chi connectivity index (χ1n) is 8.39. The minimum Gasteiger partial charge on any atom is -0.490 e. The number of hydrogen-bond acceptors (Lipinski definition) is 5. The molecule has 0 radical (unpaired) electrons. The van der Waals surface area contributed by atoms with Crippen LogP contribution in [0.1, 0.15) is 23.9 Å². The number of benzene rings is 2. The van der Waals surface area contributed by atoms with Crippen LogP contribution in [0.4, 0.5) is 0 Å². The Hall–Kier alpha value is -2.45. The maximum Gasteiger partial charge on any atom is 0.216 e. The van der Waals surface area contributed by atoms with Crippen molar-refractivity contribution in [1.82, 2.24) is 14.9 Å². The lowest BCUT2D eigenvalue weighted by Gasteiger charge is -2.12. The SMILES string of the molecule is CCOc1cc(/C=N\n2c(C)n[nH]c2=S)ccc1OCc1ccc(Br)cc1. The van der Waals surface area contributed by atoms with E-state index in [2.05, 4.69) is 31.2 Å². The van der Waals surface area contributed by atoms with Crippen molar-refractivity contribution in [3.8, 4) is 11.5 Å². The Balaban J connectivity index is 1.77. The Morgan fingerprint density at radius 1 is 1.19 bits per heavy atom. The number of nitrogens with one attached hydrogen (secondary N) is 1. The lowest BCUT2D eigenvalue weighted by molar-refractivity contribution is 0.269. The van der Waals surface area contributed by atoms with E-state index in [0.717, 1.165) is 15.6 Å². The summed E-state index contributed by atoms with van der Waals surface area (Å²) >= 11 is 8.58. The van der Waals surface area contributed by atoms with E-state index in [9.17, 15) is 0 Å². The van der Waals surface area contributed by atoms with Crippen LogP contribution in [0.25, 0.3) is 0 Å². The highest BCUT2D eigenvalue weighted by molar-refractivity contribution is 9.10. The second kappa shape index (κ2) is 8.96. The zero-order chi connectivity index (χ0) is 19.2. The molecule has 0 aliphatic heterocycles. The van der Waals surface area contributed by atoms with Gasteiger partial charge in [-0.15, -0.1) is 0 Å². The number of H-pyrrole nitrogens is 1. The summed E-state index contributed by atoms with van der Waals surface area (Å²) in [7, 11) is 0. The first-order valence-corrected chi connectivity index (χ1v) is 9.59. The molecule has 1 aromatic heterocycles. The number of hydrogen-bond donors (Lipinski definition) is 1. The minimum absolute atomic E-state index is 0.447. The molecule has 0 amide bonds. The van der Waals surface area contributed by atoms with E-state index in [-0.39, 0.29) is 0 Å². The Labute approximate surface area is 171 Å². The summed E-state index contributed by atoms with van der Waals surface area (Å²) in [6, 6.07) is 13.7. The van der Waals surface area contributed by atoms with Crippen LogP contribution in [0.15, 0.2) is 52.0 Å². The smallest absolute Gasteiger partial charge is 0.216 e. The number of nitrogens with zero attached hydrogens (tertiary/aromatic N) is 3. The van der Waals surface area contributed by atoms with Gasteiger partial charge in [0.25, 0.3) is 0 Å². The van der Waals surface area contributed by atoms with Gasteiger partial charge in [0.15, 0.2) is 11.5 Å². The summed E-state index contributed by atoms with van der Waals surface area (Å²) < 4.78 is 14.7. The number of aromatic nitrogens is 3. The van der Waals surface area contributed by atoms with E-state index in [1.807, 2.05) is 56.3 Å². The molecule has 8 heteroatoms. The van der Waals surface area contributed by atoms with E-state index < -0.39 is 0 Å². The molecule has 0 unspecified atom stereocenters. The topological polar surface area (TPSA) is 64.4 Å². The van der Waals surface area contributed by atoms with Crippen LogP contribution in [-0.2, 0) is 6.61 Å². The van der Waals surface area contributed by atoms with Gasteiger partial charge in [-0.3, -0.25) is 5.10 Å². The number of rotatable bonds is 7. The Morgan fingerprint density at radius 2 is 1.96 bits per heavy atom. The van der Waals surface area contributed by atoms with Crippen molar-refractivity contribution in [2.45, 2.75) is 20.5 Å². The molecule has 2 aromatic carbocycles. The van der Waals surface area contributed by atoms with Crippen molar-refractivity contribution in [3.63, 3.8) is 0 Å². The second-order valence-corrected chi connectivity index (χ2v) is 6.99. The van der Waals surface area contributed by atoms with Gasteiger partial charge < -0.3 is 9.47 Å². The predicted molar refractivity (Wildman–Crippen MR) is 111 cm³/mol. The zero-order valence-corrected chi connectivity index (χ0v) is 17.4. The Morgan fingerprint density at radius 3 is 2.63 bits per heavy atom. The highest BCUT2D eigenvalue weighted by atomic mass is 79.9. The van der Waals surface area contributed by atoms with Crippen LogP contribution < -0.4 is 9.47 Å². The summed E-state index contributed by atoms with van der Waals surface area (Å²) in [4.78, 5) is 0. The average Bonchev–Trinajstić information content (AvgIpc) is 2.99. The first-order chi connectivity index (χ1) is 13.1. The van der Waals surface area contributed by atoms with Gasteiger partial charge in [0.2, 0.25) is 4.77 Å². The van der Waals surface area contributed by atoms with E-state index >= 15 is 0 Å². The molecule has 140 valence electrons. The lowest BCUT2D eigenvalue weighted by Crippen LogP contribution is -2.01. The molecule has 1 N–H and O–H groups in total. The fourth-order valence-electron chi connectivity index (χ4n) is 2.37. The predicted octanol–water partition coefficient (Wildman–Crippen LogP) is 4.87. The molecule has 0 aliphatic rings. The van der Waals surface area contributed by atoms with Crippen LogP contribution in [0.3, 0.4) is 0 Å².